The van der Waals surface area contributed by atoms with Gasteiger partial charge in [0.2, 0.25) is 5.16 Å². The maximum Gasteiger partial charge on any atom is 0.221 e. The van der Waals surface area contributed by atoms with Crippen molar-refractivity contribution in [1.82, 2.24) is 14.8 Å². The van der Waals surface area contributed by atoms with Crippen molar-refractivity contribution in [3.05, 3.63) is 42.2 Å². The van der Waals surface area contributed by atoms with Gasteiger partial charge in [0.25, 0.3) is 0 Å². The van der Waals surface area contributed by atoms with E-state index in [2.05, 4.69) is 40.5 Å². The lowest BCUT2D eigenvalue weighted by molar-refractivity contribution is 0.287. The molecule has 3 rings (SSSR count). The average molecular weight is 303 g/mol. The molecule has 1 aliphatic rings. The van der Waals surface area contributed by atoms with Gasteiger partial charge in [-0.2, -0.15) is 0 Å². The van der Waals surface area contributed by atoms with Crippen molar-refractivity contribution in [2.24, 2.45) is 5.92 Å². The topological polar surface area (TPSA) is 47.8 Å². The minimum absolute atomic E-state index is 0.597. The van der Waals surface area contributed by atoms with Crippen LogP contribution in [0.4, 0.5) is 0 Å². The van der Waals surface area contributed by atoms with Crippen molar-refractivity contribution in [1.29, 1.82) is 0 Å². The largest absolute Gasteiger partial charge is 0.306 e. The zero-order valence-corrected chi connectivity index (χ0v) is 13.1. The summed E-state index contributed by atoms with van der Waals surface area (Å²) in [5.74, 6) is 1.34. The average Bonchev–Trinajstić information content (AvgIpc) is 2.97. The smallest absolute Gasteiger partial charge is 0.221 e. The quantitative estimate of drug-likeness (QED) is 0.872. The van der Waals surface area contributed by atoms with Gasteiger partial charge in [-0.25, -0.2) is 0 Å². The predicted octanol–water partition coefficient (Wildman–Crippen LogP) is 2.99. The molecule has 0 spiro atoms. The first-order valence-electron chi connectivity index (χ1n) is 7.50. The van der Waals surface area contributed by atoms with E-state index in [9.17, 15) is 4.21 Å². The van der Waals surface area contributed by atoms with E-state index >= 15 is 0 Å². The van der Waals surface area contributed by atoms with Gasteiger partial charge in [-0.3, -0.25) is 4.21 Å². The van der Waals surface area contributed by atoms with E-state index in [1.54, 1.807) is 12.6 Å². The molecule has 21 heavy (non-hydrogen) atoms. The standard InChI is InChI=1S/C16H21N3OS/c1-21(20)16-18-17-12-19(16)11-13-7-9-15(10-8-13)14-5-3-2-4-6-14/h2-6,12-13,15H,7-11H2,1H3/t13?,15?,21-/m1/s1. The zero-order chi connectivity index (χ0) is 14.7. The number of hydrogen-bond acceptors (Lipinski definition) is 3. The number of hydrogen-bond donors (Lipinski definition) is 0. The summed E-state index contributed by atoms with van der Waals surface area (Å²) in [6, 6.07) is 10.8. The molecule has 0 bridgehead atoms. The molecule has 0 aliphatic heterocycles. The van der Waals surface area contributed by atoms with Crippen LogP contribution in [0.2, 0.25) is 0 Å². The molecule has 0 saturated heterocycles. The monoisotopic (exact) mass is 303 g/mol. The third-order valence-corrected chi connectivity index (χ3v) is 5.24. The zero-order valence-electron chi connectivity index (χ0n) is 12.3. The lowest BCUT2D eigenvalue weighted by atomic mass is 9.79. The van der Waals surface area contributed by atoms with Crippen LogP contribution in [0.3, 0.4) is 0 Å². The summed E-state index contributed by atoms with van der Waals surface area (Å²) in [7, 11) is -1.06. The molecular weight excluding hydrogens is 282 g/mol. The number of benzene rings is 1. The SMILES string of the molecule is C[S@@](=O)c1nncn1CC1CCC(c2ccccc2)CC1. The predicted molar refractivity (Wildman–Crippen MR) is 83.5 cm³/mol. The minimum Gasteiger partial charge on any atom is -0.306 e. The van der Waals surface area contributed by atoms with Crippen molar-refractivity contribution < 1.29 is 4.21 Å². The summed E-state index contributed by atoms with van der Waals surface area (Å²) in [4.78, 5) is 0. The number of rotatable bonds is 4. The Morgan fingerprint density at radius 3 is 2.57 bits per heavy atom. The molecule has 1 heterocycles. The van der Waals surface area contributed by atoms with Gasteiger partial charge in [0, 0.05) is 12.8 Å². The second-order valence-corrected chi connectivity index (χ2v) is 7.12. The fourth-order valence-corrected chi connectivity index (χ4v) is 3.89. The Morgan fingerprint density at radius 1 is 1.19 bits per heavy atom. The molecule has 0 N–H and O–H groups in total. The first kappa shape index (κ1) is 14.4. The summed E-state index contributed by atoms with van der Waals surface area (Å²) >= 11 is 0. The lowest BCUT2D eigenvalue weighted by Crippen LogP contribution is -2.19. The molecule has 5 heteroatoms. The molecule has 0 unspecified atom stereocenters. The maximum absolute atomic E-state index is 11.6. The van der Waals surface area contributed by atoms with Crippen molar-refractivity contribution in [2.45, 2.75) is 43.3 Å². The van der Waals surface area contributed by atoms with Gasteiger partial charge in [0.1, 0.15) is 6.33 Å². The highest BCUT2D eigenvalue weighted by molar-refractivity contribution is 7.84. The molecule has 1 aromatic heterocycles. The van der Waals surface area contributed by atoms with Gasteiger partial charge in [-0.15, -0.1) is 10.2 Å². The van der Waals surface area contributed by atoms with Gasteiger partial charge in [-0.1, -0.05) is 30.3 Å². The first-order valence-corrected chi connectivity index (χ1v) is 9.06. The normalized spacial score (nSPS) is 23.9. The summed E-state index contributed by atoms with van der Waals surface area (Å²) in [6.07, 6.45) is 8.27. The van der Waals surface area contributed by atoms with E-state index < -0.39 is 10.8 Å². The number of nitrogens with zero attached hydrogens (tertiary/aromatic N) is 3. The Bertz CT molecular complexity index is 603. The molecule has 1 atom stereocenters. The highest BCUT2D eigenvalue weighted by Crippen LogP contribution is 2.36. The van der Waals surface area contributed by atoms with Crippen molar-refractivity contribution in [3.63, 3.8) is 0 Å². The molecule has 1 fully saturated rings. The molecular formula is C16H21N3OS. The second-order valence-electron chi connectivity index (χ2n) is 5.85. The molecule has 4 nitrogen and oxygen atoms in total. The van der Waals surface area contributed by atoms with Crippen LogP contribution in [0.15, 0.2) is 41.8 Å². The first-order chi connectivity index (χ1) is 10.2. The fraction of sp³-hybridized carbons (Fsp3) is 0.500. The van der Waals surface area contributed by atoms with Crippen molar-refractivity contribution in [2.75, 3.05) is 6.26 Å². The van der Waals surface area contributed by atoms with Crippen LogP contribution >= 0.6 is 0 Å². The van der Waals surface area contributed by atoms with Crippen molar-refractivity contribution >= 4 is 10.8 Å². The van der Waals surface area contributed by atoms with Gasteiger partial charge in [0.05, 0.1) is 10.8 Å². The van der Waals surface area contributed by atoms with Gasteiger partial charge in [-0.05, 0) is 43.1 Å². The summed E-state index contributed by atoms with van der Waals surface area (Å²) in [5, 5.41) is 8.45. The van der Waals surface area contributed by atoms with Gasteiger partial charge < -0.3 is 4.57 Å². The van der Waals surface area contributed by atoms with Crippen LogP contribution in [-0.4, -0.2) is 25.2 Å². The van der Waals surface area contributed by atoms with E-state index in [-0.39, 0.29) is 0 Å². The lowest BCUT2D eigenvalue weighted by Gasteiger charge is -2.29. The van der Waals surface area contributed by atoms with Crippen LogP contribution in [0.1, 0.15) is 37.2 Å². The Labute approximate surface area is 128 Å². The van der Waals surface area contributed by atoms with E-state index in [0.29, 0.717) is 17.0 Å². The van der Waals surface area contributed by atoms with E-state index in [4.69, 9.17) is 0 Å². The minimum atomic E-state index is -1.06. The molecule has 0 radical (unpaired) electrons. The van der Waals surface area contributed by atoms with Gasteiger partial charge in [0.15, 0.2) is 0 Å². The van der Waals surface area contributed by atoms with E-state index in [1.165, 1.54) is 31.2 Å². The van der Waals surface area contributed by atoms with Crippen LogP contribution in [0, 0.1) is 5.92 Å². The van der Waals surface area contributed by atoms with Crippen molar-refractivity contribution in [3.8, 4) is 0 Å². The van der Waals surface area contributed by atoms with E-state index in [1.807, 2.05) is 4.57 Å². The maximum atomic E-state index is 11.6. The number of aromatic nitrogens is 3. The van der Waals surface area contributed by atoms with Crippen LogP contribution in [0.25, 0.3) is 0 Å². The molecule has 1 saturated carbocycles. The Kier molecular flexibility index (Phi) is 4.48. The molecule has 1 aromatic carbocycles. The molecule has 0 amide bonds. The third-order valence-electron chi connectivity index (χ3n) is 4.41. The van der Waals surface area contributed by atoms with E-state index in [0.717, 1.165) is 6.54 Å². The Hall–Kier alpha value is -1.49. The van der Waals surface area contributed by atoms with Gasteiger partial charge >= 0.3 is 0 Å². The van der Waals surface area contributed by atoms with Crippen LogP contribution in [-0.2, 0) is 17.3 Å². The Morgan fingerprint density at radius 2 is 1.90 bits per heavy atom. The molecule has 2 aromatic rings. The summed E-state index contributed by atoms with van der Waals surface area (Å²) < 4.78 is 13.6. The van der Waals surface area contributed by atoms with Crippen LogP contribution in [0.5, 0.6) is 0 Å². The summed E-state index contributed by atoms with van der Waals surface area (Å²) in [6.45, 7) is 0.892. The molecule has 112 valence electrons. The molecule has 1 aliphatic carbocycles. The highest BCUT2D eigenvalue weighted by atomic mass is 32.2. The Balaban J connectivity index is 1.59. The third kappa shape index (κ3) is 3.40. The summed E-state index contributed by atoms with van der Waals surface area (Å²) in [5.41, 5.74) is 1.47. The second kappa shape index (κ2) is 6.52. The fourth-order valence-electron chi connectivity index (χ4n) is 3.27. The highest BCUT2D eigenvalue weighted by Gasteiger charge is 2.23. The van der Waals surface area contributed by atoms with Crippen LogP contribution < -0.4 is 0 Å².